The Morgan fingerprint density at radius 3 is 2.70 bits per heavy atom. The molecule has 1 unspecified atom stereocenters. The van der Waals surface area contributed by atoms with Gasteiger partial charge in [0, 0.05) is 32.4 Å². The van der Waals surface area contributed by atoms with E-state index in [2.05, 4.69) is 29.0 Å². The molecule has 1 N–H and O–H groups in total. The van der Waals surface area contributed by atoms with Gasteiger partial charge in [0.05, 0.1) is 13.2 Å². The van der Waals surface area contributed by atoms with Crippen molar-refractivity contribution in [2.24, 2.45) is 5.92 Å². The fraction of sp³-hybridized carbons (Fsp3) is 0.647. The number of carbonyl (C=O) groups excluding carboxylic acids is 1. The molecular formula is C17H27N3O3. The Morgan fingerprint density at radius 1 is 1.35 bits per heavy atom. The van der Waals surface area contributed by atoms with Crippen LogP contribution in [0.3, 0.4) is 0 Å². The Balaban J connectivity index is 1.78. The predicted octanol–water partition coefficient (Wildman–Crippen LogP) is 1.60. The van der Waals surface area contributed by atoms with Crippen LogP contribution in [0.5, 0.6) is 0 Å². The van der Waals surface area contributed by atoms with E-state index < -0.39 is 6.10 Å². The van der Waals surface area contributed by atoms with Crippen LogP contribution in [0.15, 0.2) is 18.3 Å². The van der Waals surface area contributed by atoms with E-state index in [1.165, 1.54) is 0 Å². The average Bonchev–Trinajstić information content (AvgIpc) is 2.58. The highest BCUT2D eigenvalue weighted by Gasteiger charge is 2.14. The first-order valence-corrected chi connectivity index (χ1v) is 8.23. The molecule has 1 saturated heterocycles. The molecule has 0 spiro atoms. The first-order valence-electron chi connectivity index (χ1n) is 8.23. The molecule has 0 aromatic carbocycles. The smallest absolute Gasteiger partial charge is 0.249 e. The predicted molar refractivity (Wildman–Crippen MR) is 89.4 cm³/mol. The van der Waals surface area contributed by atoms with Crippen LogP contribution in [0.4, 0.5) is 5.82 Å². The summed E-state index contributed by atoms with van der Waals surface area (Å²) in [5, 5.41) is 2.88. The Hall–Kier alpha value is -1.66. The Kier molecular flexibility index (Phi) is 6.80. The van der Waals surface area contributed by atoms with Crippen LogP contribution in [0.1, 0.15) is 26.3 Å². The Bertz CT molecular complexity index is 484. The molecule has 1 amide bonds. The molecule has 1 aromatic heterocycles. The zero-order valence-corrected chi connectivity index (χ0v) is 14.2. The topological polar surface area (TPSA) is 63.7 Å². The molecule has 0 aliphatic carbocycles. The standard InChI is InChI=1S/C17H27N3O3/c1-13(2)12-23-14(3)17(21)19-11-15-4-5-16(18-10-15)20-6-8-22-9-7-20/h4-5,10,13-14H,6-9,11-12H2,1-3H3,(H,19,21). The number of anilines is 1. The van der Waals surface area contributed by atoms with Gasteiger partial charge in [-0.05, 0) is 24.5 Å². The van der Waals surface area contributed by atoms with Crippen molar-refractivity contribution >= 4 is 11.7 Å². The van der Waals surface area contributed by atoms with Gasteiger partial charge in [0.15, 0.2) is 0 Å². The number of ether oxygens (including phenoxy) is 2. The lowest BCUT2D eigenvalue weighted by Crippen LogP contribution is -2.36. The first kappa shape index (κ1) is 17.7. The van der Waals surface area contributed by atoms with Crippen LogP contribution in [0, 0.1) is 5.92 Å². The van der Waals surface area contributed by atoms with E-state index in [1.807, 2.05) is 18.3 Å². The lowest BCUT2D eigenvalue weighted by molar-refractivity contribution is -0.132. The summed E-state index contributed by atoms with van der Waals surface area (Å²) in [6.07, 6.45) is 1.38. The van der Waals surface area contributed by atoms with Gasteiger partial charge in [0.2, 0.25) is 5.91 Å². The molecule has 6 heteroatoms. The summed E-state index contributed by atoms with van der Waals surface area (Å²) in [5.74, 6) is 1.28. The van der Waals surface area contributed by atoms with E-state index in [-0.39, 0.29) is 5.91 Å². The molecule has 128 valence electrons. The highest BCUT2D eigenvalue weighted by atomic mass is 16.5. The van der Waals surface area contributed by atoms with Crippen molar-refractivity contribution in [1.82, 2.24) is 10.3 Å². The minimum Gasteiger partial charge on any atom is -0.378 e. The second-order valence-corrected chi connectivity index (χ2v) is 6.21. The third-order valence-electron chi connectivity index (χ3n) is 3.66. The molecule has 0 radical (unpaired) electrons. The summed E-state index contributed by atoms with van der Waals surface area (Å²) < 4.78 is 10.8. The molecule has 2 heterocycles. The molecule has 2 rings (SSSR count). The summed E-state index contributed by atoms with van der Waals surface area (Å²) in [5.41, 5.74) is 0.978. The summed E-state index contributed by atoms with van der Waals surface area (Å²) in [6.45, 7) is 10.2. The van der Waals surface area contributed by atoms with Gasteiger partial charge in [-0.15, -0.1) is 0 Å². The molecule has 23 heavy (non-hydrogen) atoms. The van der Waals surface area contributed by atoms with Crippen molar-refractivity contribution in [3.05, 3.63) is 23.9 Å². The second kappa shape index (κ2) is 8.84. The number of morpholine rings is 1. The summed E-state index contributed by atoms with van der Waals surface area (Å²) in [7, 11) is 0. The molecule has 1 aliphatic rings. The molecule has 0 saturated carbocycles. The van der Waals surface area contributed by atoms with Crippen LogP contribution in [0.2, 0.25) is 0 Å². The maximum absolute atomic E-state index is 12.0. The number of nitrogens with zero attached hydrogens (tertiary/aromatic N) is 2. The normalized spacial score (nSPS) is 16.4. The minimum atomic E-state index is -0.432. The monoisotopic (exact) mass is 321 g/mol. The van der Waals surface area contributed by atoms with Crippen molar-refractivity contribution in [3.8, 4) is 0 Å². The number of pyridine rings is 1. The largest absolute Gasteiger partial charge is 0.378 e. The van der Waals surface area contributed by atoms with Crippen molar-refractivity contribution in [1.29, 1.82) is 0 Å². The van der Waals surface area contributed by atoms with Gasteiger partial charge < -0.3 is 19.7 Å². The number of carbonyl (C=O) groups is 1. The number of nitrogens with one attached hydrogen (secondary N) is 1. The van der Waals surface area contributed by atoms with Gasteiger partial charge in [-0.3, -0.25) is 4.79 Å². The lowest BCUT2D eigenvalue weighted by Gasteiger charge is -2.27. The van der Waals surface area contributed by atoms with E-state index in [0.717, 1.165) is 37.7 Å². The molecule has 1 aromatic rings. The summed E-state index contributed by atoms with van der Waals surface area (Å²) in [6, 6.07) is 3.99. The summed E-state index contributed by atoms with van der Waals surface area (Å²) >= 11 is 0. The van der Waals surface area contributed by atoms with Crippen LogP contribution in [-0.2, 0) is 20.8 Å². The second-order valence-electron chi connectivity index (χ2n) is 6.21. The third kappa shape index (κ3) is 5.80. The van der Waals surface area contributed by atoms with Gasteiger partial charge in [0.1, 0.15) is 11.9 Å². The number of hydrogen-bond donors (Lipinski definition) is 1. The first-order chi connectivity index (χ1) is 11.1. The molecule has 1 atom stereocenters. The minimum absolute atomic E-state index is 0.0945. The maximum Gasteiger partial charge on any atom is 0.249 e. The van der Waals surface area contributed by atoms with E-state index in [9.17, 15) is 4.79 Å². The zero-order valence-electron chi connectivity index (χ0n) is 14.2. The van der Waals surface area contributed by atoms with Crippen molar-refractivity contribution in [2.75, 3.05) is 37.8 Å². The van der Waals surface area contributed by atoms with E-state index >= 15 is 0 Å². The average molecular weight is 321 g/mol. The van der Waals surface area contributed by atoms with Gasteiger partial charge >= 0.3 is 0 Å². The molecule has 0 bridgehead atoms. The van der Waals surface area contributed by atoms with Gasteiger partial charge in [-0.25, -0.2) is 4.98 Å². The van der Waals surface area contributed by atoms with Gasteiger partial charge in [0.25, 0.3) is 0 Å². The lowest BCUT2D eigenvalue weighted by atomic mass is 10.2. The van der Waals surface area contributed by atoms with Crippen LogP contribution in [0.25, 0.3) is 0 Å². The SMILES string of the molecule is CC(C)COC(C)C(=O)NCc1ccc(N2CCOCC2)nc1. The fourth-order valence-electron chi connectivity index (χ4n) is 2.25. The Labute approximate surface area is 138 Å². The number of amides is 1. The molecular weight excluding hydrogens is 294 g/mol. The Morgan fingerprint density at radius 2 is 2.09 bits per heavy atom. The molecule has 1 fully saturated rings. The van der Waals surface area contributed by atoms with Crippen LogP contribution >= 0.6 is 0 Å². The third-order valence-corrected chi connectivity index (χ3v) is 3.66. The van der Waals surface area contributed by atoms with Gasteiger partial charge in [-0.1, -0.05) is 19.9 Å². The van der Waals surface area contributed by atoms with Crippen LogP contribution in [-0.4, -0.2) is 49.9 Å². The quantitative estimate of drug-likeness (QED) is 0.826. The highest BCUT2D eigenvalue weighted by molar-refractivity contribution is 5.80. The zero-order chi connectivity index (χ0) is 16.7. The van der Waals surface area contributed by atoms with E-state index in [4.69, 9.17) is 9.47 Å². The number of rotatable bonds is 7. The van der Waals surface area contributed by atoms with Gasteiger partial charge in [-0.2, -0.15) is 0 Å². The van der Waals surface area contributed by atoms with E-state index in [0.29, 0.717) is 19.1 Å². The van der Waals surface area contributed by atoms with Crippen molar-refractivity contribution < 1.29 is 14.3 Å². The number of hydrogen-bond acceptors (Lipinski definition) is 5. The molecule has 1 aliphatic heterocycles. The van der Waals surface area contributed by atoms with E-state index in [1.54, 1.807) is 6.92 Å². The highest BCUT2D eigenvalue weighted by Crippen LogP contribution is 2.13. The fourth-order valence-corrected chi connectivity index (χ4v) is 2.25. The maximum atomic E-state index is 12.0. The summed E-state index contributed by atoms with van der Waals surface area (Å²) in [4.78, 5) is 18.6. The van der Waals surface area contributed by atoms with Crippen molar-refractivity contribution in [2.45, 2.75) is 33.4 Å². The van der Waals surface area contributed by atoms with Crippen molar-refractivity contribution in [3.63, 3.8) is 0 Å². The molecule has 6 nitrogen and oxygen atoms in total. The number of aromatic nitrogens is 1. The van der Waals surface area contributed by atoms with Crippen LogP contribution < -0.4 is 10.2 Å².